The third-order valence-electron chi connectivity index (χ3n) is 5.51. The van der Waals surface area contributed by atoms with E-state index in [9.17, 15) is 14.4 Å². The first-order valence-electron chi connectivity index (χ1n) is 10.5. The summed E-state index contributed by atoms with van der Waals surface area (Å²) in [5.41, 5.74) is 4.44. The summed E-state index contributed by atoms with van der Waals surface area (Å²) in [4.78, 5) is 39.4. The Labute approximate surface area is 189 Å². The maximum atomic E-state index is 12.3. The van der Waals surface area contributed by atoms with E-state index in [2.05, 4.69) is 25.8 Å². The summed E-state index contributed by atoms with van der Waals surface area (Å²) in [6, 6.07) is 15.5. The summed E-state index contributed by atoms with van der Waals surface area (Å²) in [6.07, 6.45) is -0.515. The predicted molar refractivity (Wildman–Crippen MR) is 119 cm³/mol. The molecule has 0 saturated heterocycles. The van der Waals surface area contributed by atoms with Crippen molar-refractivity contribution in [2.45, 2.75) is 31.7 Å². The van der Waals surface area contributed by atoms with Crippen LogP contribution in [-0.4, -0.2) is 50.9 Å². The van der Waals surface area contributed by atoms with Crippen molar-refractivity contribution in [1.82, 2.24) is 20.5 Å². The molecule has 4 rings (SSSR count). The number of amides is 2. The molecule has 1 heterocycles. The highest BCUT2D eigenvalue weighted by atomic mass is 16.5. The Balaban J connectivity index is 1.35. The van der Waals surface area contributed by atoms with Crippen molar-refractivity contribution in [2.75, 3.05) is 11.9 Å². The van der Waals surface area contributed by atoms with E-state index in [1.807, 2.05) is 48.5 Å². The lowest BCUT2D eigenvalue weighted by Gasteiger charge is -2.14. The number of carbonyl (C=O) groups is 3. The number of H-pyrrole nitrogens is 1. The van der Waals surface area contributed by atoms with E-state index in [1.165, 1.54) is 0 Å². The summed E-state index contributed by atoms with van der Waals surface area (Å²) in [5.74, 6) is -1.98. The number of aromatic amines is 1. The zero-order valence-electron chi connectivity index (χ0n) is 17.9. The molecule has 0 spiro atoms. The van der Waals surface area contributed by atoms with Crippen LogP contribution in [0.4, 0.5) is 10.7 Å². The van der Waals surface area contributed by atoms with Crippen LogP contribution in [0.1, 0.15) is 47.4 Å². The summed E-state index contributed by atoms with van der Waals surface area (Å²) >= 11 is 0. The van der Waals surface area contributed by atoms with E-state index in [0.29, 0.717) is 6.42 Å². The molecular formula is C23H23N5O5. The number of fused-ring (bicyclic) bond motifs is 3. The smallest absolute Gasteiger partial charge is 0.414 e. The van der Waals surface area contributed by atoms with Gasteiger partial charge in [0.1, 0.15) is 6.61 Å². The van der Waals surface area contributed by atoms with Crippen molar-refractivity contribution >= 4 is 23.9 Å². The first kappa shape index (κ1) is 22.0. The molecule has 2 aromatic carbocycles. The number of carboxylic acid groups (broad SMARTS) is 1. The Bertz CT molecular complexity index is 1150. The standard InChI is InChI=1S/C23H23N5O5/c1-2-13(11-19(29)30)24-21(31)20-25-22(28-27-20)26-23(32)33-12-18-16-9-5-3-7-14(16)15-8-4-6-10-17(15)18/h3-10,13,18H,2,11-12H2,1H3,(H,24,31)(H,29,30)(H2,25,26,27,28,32). The van der Waals surface area contributed by atoms with Crippen LogP contribution >= 0.6 is 0 Å². The topological polar surface area (TPSA) is 146 Å². The Hall–Kier alpha value is -4.21. The van der Waals surface area contributed by atoms with Crippen LogP contribution in [0, 0.1) is 0 Å². The fourth-order valence-electron chi connectivity index (χ4n) is 3.91. The minimum atomic E-state index is -1.02. The van der Waals surface area contributed by atoms with E-state index in [-0.39, 0.29) is 30.7 Å². The maximum Gasteiger partial charge on any atom is 0.414 e. The second-order valence-corrected chi connectivity index (χ2v) is 7.63. The van der Waals surface area contributed by atoms with Crippen LogP contribution in [0.2, 0.25) is 0 Å². The first-order valence-corrected chi connectivity index (χ1v) is 10.5. The zero-order chi connectivity index (χ0) is 23.4. The second kappa shape index (κ2) is 9.51. The Morgan fingerprint density at radius 2 is 1.73 bits per heavy atom. The van der Waals surface area contributed by atoms with E-state index in [4.69, 9.17) is 9.84 Å². The van der Waals surface area contributed by atoms with Gasteiger partial charge in [0, 0.05) is 12.0 Å². The van der Waals surface area contributed by atoms with Crippen molar-refractivity contribution in [3.8, 4) is 11.1 Å². The molecule has 3 aromatic rings. The van der Waals surface area contributed by atoms with Crippen molar-refractivity contribution in [1.29, 1.82) is 0 Å². The van der Waals surface area contributed by atoms with E-state index < -0.39 is 24.0 Å². The first-order chi connectivity index (χ1) is 16.0. The number of ether oxygens (including phenoxy) is 1. The number of anilines is 1. The molecule has 0 aliphatic heterocycles. The van der Waals surface area contributed by atoms with Gasteiger partial charge in [-0.15, -0.1) is 5.10 Å². The number of hydrogen-bond acceptors (Lipinski definition) is 6. The van der Waals surface area contributed by atoms with Gasteiger partial charge in [0.05, 0.1) is 6.42 Å². The lowest BCUT2D eigenvalue weighted by atomic mass is 9.98. The Morgan fingerprint density at radius 1 is 1.09 bits per heavy atom. The van der Waals surface area contributed by atoms with Gasteiger partial charge in [-0.3, -0.25) is 20.0 Å². The van der Waals surface area contributed by atoms with E-state index >= 15 is 0 Å². The molecule has 1 aliphatic carbocycles. The summed E-state index contributed by atoms with van der Waals surface area (Å²) < 4.78 is 5.43. The number of rotatable bonds is 8. The highest BCUT2D eigenvalue weighted by molar-refractivity contribution is 5.92. The molecule has 4 N–H and O–H groups in total. The van der Waals surface area contributed by atoms with Gasteiger partial charge >= 0.3 is 12.1 Å². The van der Waals surface area contributed by atoms with Gasteiger partial charge in [-0.05, 0) is 28.7 Å². The number of benzene rings is 2. The number of aromatic nitrogens is 3. The minimum absolute atomic E-state index is 0.0863. The van der Waals surface area contributed by atoms with Gasteiger partial charge in [-0.25, -0.2) is 4.79 Å². The molecule has 170 valence electrons. The second-order valence-electron chi connectivity index (χ2n) is 7.63. The van der Waals surface area contributed by atoms with Crippen LogP contribution in [0.5, 0.6) is 0 Å². The summed E-state index contributed by atoms with van der Waals surface area (Å²) in [5, 5.41) is 20.1. The normalized spacial score (nSPS) is 13.0. The van der Waals surface area contributed by atoms with Crippen molar-refractivity contribution in [3.05, 3.63) is 65.5 Å². The largest absolute Gasteiger partial charge is 0.481 e. The average Bonchev–Trinajstić information content (AvgIpc) is 3.39. The molecule has 10 nitrogen and oxygen atoms in total. The highest BCUT2D eigenvalue weighted by Gasteiger charge is 2.29. The number of nitrogens with zero attached hydrogens (tertiary/aromatic N) is 2. The molecule has 0 saturated carbocycles. The SMILES string of the molecule is CCC(CC(=O)O)NC(=O)c1nc(NC(=O)OCC2c3ccccc3-c3ccccc32)n[nH]1. The van der Waals surface area contributed by atoms with Gasteiger partial charge in [0.25, 0.3) is 11.9 Å². The molecule has 0 radical (unpaired) electrons. The average molecular weight is 449 g/mol. The Morgan fingerprint density at radius 3 is 2.33 bits per heavy atom. The molecule has 2 amide bonds. The number of nitrogens with one attached hydrogen (secondary N) is 3. The van der Waals surface area contributed by atoms with E-state index in [1.54, 1.807) is 6.92 Å². The predicted octanol–water partition coefficient (Wildman–Crippen LogP) is 3.15. The quantitative estimate of drug-likeness (QED) is 0.413. The van der Waals surface area contributed by atoms with Gasteiger partial charge < -0.3 is 15.2 Å². The molecule has 1 atom stereocenters. The molecular weight excluding hydrogens is 426 g/mol. The van der Waals surface area contributed by atoms with Crippen LogP contribution in [0.15, 0.2) is 48.5 Å². The number of carbonyl (C=O) groups excluding carboxylic acids is 2. The third kappa shape index (κ3) is 4.84. The highest BCUT2D eigenvalue weighted by Crippen LogP contribution is 2.44. The van der Waals surface area contributed by atoms with Crippen LogP contribution in [0.3, 0.4) is 0 Å². The number of carboxylic acids is 1. The van der Waals surface area contributed by atoms with Crippen molar-refractivity contribution in [3.63, 3.8) is 0 Å². The molecule has 1 aliphatic rings. The molecule has 1 unspecified atom stereocenters. The number of hydrogen-bond donors (Lipinski definition) is 4. The zero-order valence-corrected chi connectivity index (χ0v) is 17.9. The monoisotopic (exact) mass is 449 g/mol. The molecule has 1 aromatic heterocycles. The fourth-order valence-corrected chi connectivity index (χ4v) is 3.91. The summed E-state index contributed by atoms with van der Waals surface area (Å²) in [6.45, 7) is 1.89. The van der Waals surface area contributed by atoms with E-state index in [0.717, 1.165) is 22.3 Å². The molecule has 33 heavy (non-hydrogen) atoms. The van der Waals surface area contributed by atoms with Gasteiger partial charge in [-0.1, -0.05) is 55.5 Å². The molecule has 0 bridgehead atoms. The Kier molecular flexibility index (Phi) is 6.34. The van der Waals surface area contributed by atoms with Gasteiger partial charge in [0.15, 0.2) is 0 Å². The van der Waals surface area contributed by atoms with Crippen molar-refractivity contribution in [2.24, 2.45) is 0 Å². The molecule has 0 fully saturated rings. The molecule has 10 heteroatoms. The van der Waals surface area contributed by atoms with Crippen molar-refractivity contribution < 1.29 is 24.2 Å². The number of aliphatic carboxylic acids is 1. The van der Waals surface area contributed by atoms with Crippen LogP contribution < -0.4 is 10.6 Å². The maximum absolute atomic E-state index is 12.3. The summed E-state index contributed by atoms with van der Waals surface area (Å²) in [7, 11) is 0. The lowest BCUT2D eigenvalue weighted by molar-refractivity contribution is -0.137. The van der Waals surface area contributed by atoms with Gasteiger partial charge in [0.2, 0.25) is 5.82 Å². The lowest BCUT2D eigenvalue weighted by Crippen LogP contribution is -2.36. The van der Waals surface area contributed by atoms with Crippen LogP contribution in [0.25, 0.3) is 11.1 Å². The van der Waals surface area contributed by atoms with Gasteiger partial charge in [-0.2, -0.15) is 4.98 Å². The van der Waals surface area contributed by atoms with Crippen LogP contribution in [-0.2, 0) is 9.53 Å². The minimum Gasteiger partial charge on any atom is -0.481 e. The fraction of sp³-hybridized carbons (Fsp3) is 0.261. The third-order valence-corrected chi connectivity index (χ3v) is 5.51.